The zero-order valence-electron chi connectivity index (χ0n) is 14.0. The smallest absolute Gasteiger partial charge is 0.0651 e. The summed E-state index contributed by atoms with van der Waals surface area (Å²) in [6.07, 6.45) is 7.33. The molecule has 0 saturated heterocycles. The minimum atomic E-state index is 0.324. The average Bonchev–Trinajstić information content (AvgIpc) is 3.04. The molecule has 0 spiro atoms. The molecule has 25 heavy (non-hydrogen) atoms. The third-order valence-electron chi connectivity index (χ3n) is 5.17. The molecule has 4 aromatic rings. The summed E-state index contributed by atoms with van der Waals surface area (Å²) in [5.41, 5.74) is 5.91. The van der Waals surface area contributed by atoms with Crippen molar-refractivity contribution in [2.45, 2.75) is 31.8 Å². The number of benzene rings is 1. The van der Waals surface area contributed by atoms with Crippen LogP contribution in [-0.4, -0.2) is 15.0 Å². The molecule has 0 bridgehead atoms. The van der Waals surface area contributed by atoms with Crippen LogP contribution in [0.4, 0.5) is 0 Å². The molecule has 0 fully saturated rings. The first-order valence-corrected chi connectivity index (χ1v) is 8.91. The Hall–Kier alpha value is -2.72. The van der Waals surface area contributed by atoms with Crippen LogP contribution in [-0.2, 0) is 13.0 Å². The van der Waals surface area contributed by atoms with Crippen molar-refractivity contribution >= 4 is 21.8 Å². The lowest BCUT2D eigenvalue weighted by Gasteiger charge is -2.25. The van der Waals surface area contributed by atoms with E-state index in [0.717, 1.165) is 36.1 Å². The number of aromatic nitrogens is 3. The molecule has 0 amide bonds. The van der Waals surface area contributed by atoms with E-state index in [4.69, 9.17) is 0 Å². The van der Waals surface area contributed by atoms with Crippen LogP contribution in [0.5, 0.6) is 0 Å². The number of nitrogens with one attached hydrogen (secondary N) is 2. The number of hydrogen-bond donors (Lipinski definition) is 2. The molecule has 0 saturated carbocycles. The minimum Gasteiger partial charge on any atom is -0.353 e. The van der Waals surface area contributed by atoms with Gasteiger partial charge in [-0.2, -0.15) is 0 Å². The third kappa shape index (κ3) is 2.59. The number of rotatable bonds is 3. The average molecular weight is 328 g/mol. The highest BCUT2D eigenvalue weighted by molar-refractivity contribution is 6.06. The fourth-order valence-corrected chi connectivity index (χ4v) is 3.93. The maximum Gasteiger partial charge on any atom is 0.0651 e. The van der Waals surface area contributed by atoms with Crippen molar-refractivity contribution in [3.63, 3.8) is 0 Å². The third-order valence-corrected chi connectivity index (χ3v) is 5.17. The summed E-state index contributed by atoms with van der Waals surface area (Å²) in [6, 6.07) is 15.2. The Morgan fingerprint density at radius 2 is 2.00 bits per heavy atom. The minimum absolute atomic E-state index is 0.324. The SMILES string of the molecule is c1cnc2c(c1)CCC[C@@H]2NCc1cc2c(cn1)[nH]c1ccccc12. The van der Waals surface area contributed by atoms with Gasteiger partial charge in [-0.3, -0.25) is 9.97 Å². The number of pyridine rings is 2. The summed E-state index contributed by atoms with van der Waals surface area (Å²) in [5, 5.41) is 6.16. The number of fused-ring (bicyclic) bond motifs is 4. The second-order valence-corrected chi connectivity index (χ2v) is 6.77. The van der Waals surface area contributed by atoms with Gasteiger partial charge in [0, 0.05) is 29.0 Å². The number of H-pyrrole nitrogens is 1. The van der Waals surface area contributed by atoms with Crippen LogP contribution in [0, 0.1) is 0 Å². The maximum atomic E-state index is 4.63. The normalized spacial score (nSPS) is 17.0. The molecule has 0 unspecified atom stereocenters. The fraction of sp³-hybridized carbons (Fsp3) is 0.238. The van der Waals surface area contributed by atoms with Gasteiger partial charge in [-0.25, -0.2) is 0 Å². The maximum absolute atomic E-state index is 4.63. The van der Waals surface area contributed by atoms with Gasteiger partial charge in [-0.05, 0) is 43.0 Å². The predicted octanol–water partition coefficient (Wildman–Crippen LogP) is 4.28. The van der Waals surface area contributed by atoms with Crippen molar-refractivity contribution in [3.05, 3.63) is 71.8 Å². The Morgan fingerprint density at radius 1 is 1.04 bits per heavy atom. The predicted molar refractivity (Wildman–Crippen MR) is 100 cm³/mol. The second-order valence-electron chi connectivity index (χ2n) is 6.77. The van der Waals surface area contributed by atoms with Crippen LogP contribution in [0.1, 0.15) is 35.8 Å². The number of para-hydroxylation sites is 1. The highest BCUT2D eigenvalue weighted by Gasteiger charge is 2.20. The number of aryl methyl sites for hydroxylation is 1. The van der Waals surface area contributed by atoms with E-state index in [2.05, 4.69) is 56.7 Å². The van der Waals surface area contributed by atoms with Gasteiger partial charge >= 0.3 is 0 Å². The van der Waals surface area contributed by atoms with Gasteiger partial charge in [0.25, 0.3) is 0 Å². The number of hydrogen-bond acceptors (Lipinski definition) is 3. The van der Waals surface area contributed by atoms with Gasteiger partial charge < -0.3 is 10.3 Å². The fourth-order valence-electron chi connectivity index (χ4n) is 3.93. The zero-order chi connectivity index (χ0) is 16.6. The van der Waals surface area contributed by atoms with Crippen molar-refractivity contribution in [1.29, 1.82) is 0 Å². The largest absolute Gasteiger partial charge is 0.353 e. The first-order chi connectivity index (χ1) is 12.4. The summed E-state index contributed by atoms with van der Waals surface area (Å²) in [7, 11) is 0. The van der Waals surface area contributed by atoms with E-state index in [1.165, 1.54) is 28.5 Å². The van der Waals surface area contributed by atoms with Gasteiger partial charge in [-0.1, -0.05) is 24.3 Å². The standard InChI is InChI=1S/C21H20N4/c1-2-8-18-16(7-1)17-11-15(23-13-20(17)25-18)12-24-19-9-3-5-14-6-4-10-22-21(14)19/h1-2,4,6-8,10-11,13,19,24-25H,3,5,9,12H2/t19-/m0/s1. The molecular formula is C21H20N4. The van der Waals surface area contributed by atoms with E-state index in [9.17, 15) is 0 Å². The van der Waals surface area contributed by atoms with Gasteiger partial charge in [0.2, 0.25) is 0 Å². The molecule has 1 aliphatic carbocycles. The van der Waals surface area contributed by atoms with Crippen molar-refractivity contribution in [2.75, 3.05) is 0 Å². The molecule has 3 heterocycles. The monoisotopic (exact) mass is 328 g/mol. The quantitative estimate of drug-likeness (QED) is 0.590. The molecule has 1 aromatic carbocycles. The van der Waals surface area contributed by atoms with E-state index in [0.29, 0.717) is 6.04 Å². The van der Waals surface area contributed by atoms with Gasteiger partial charge in [0.1, 0.15) is 0 Å². The van der Waals surface area contributed by atoms with Crippen molar-refractivity contribution in [2.24, 2.45) is 0 Å². The van der Waals surface area contributed by atoms with Crippen LogP contribution in [0.15, 0.2) is 54.9 Å². The molecule has 0 radical (unpaired) electrons. The number of aromatic amines is 1. The van der Waals surface area contributed by atoms with Crippen molar-refractivity contribution in [1.82, 2.24) is 20.3 Å². The Bertz CT molecular complexity index is 1050. The molecule has 4 heteroatoms. The van der Waals surface area contributed by atoms with Crippen molar-refractivity contribution < 1.29 is 0 Å². The first kappa shape index (κ1) is 14.6. The van der Waals surface area contributed by atoms with Crippen LogP contribution in [0.2, 0.25) is 0 Å². The lowest BCUT2D eigenvalue weighted by molar-refractivity contribution is 0.445. The molecule has 1 atom stereocenters. The topological polar surface area (TPSA) is 53.6 Å². The van der Waals surface area contributed by atoms with Crippen LogP contribution >= 0.6 is 0 Å². The van der Waals surface area contributed by atoms with Gasteiger partial charge in [0.15, 0.2) is 0 Å². The van der Waals surface area contributed by atoms with E-state index in [1.807, 2.05) is 18.5 Å². The summed E-state index contributed by atoms with van der Waals surface area (Å²) < 4.78 is 0. The van der Waals surface area contributed by atoms with Gasteiger partial charge in [-0.15, -0.1) is 0 Å². The summed E-state index contributed by atoms with van der Waals surface area (Å²) >= 11 is 0. The Morgan fingerprint density at radius 3 is 3.00 bits per heavy atom. The molecule has 0 aliphatic heterocycles. The lowest BCUT2D eigenvalue weighted by Crippen LogP contribution is -2.26. The molecule has 2 N–H and O–H groups in total. The van der Waals surface area contributed by atoms with Gasteiger partial charge in [0.05, 0.1) is 29.1 Å². The van der Waals surface area contributed by atoms with E-state index >= 15 is 0 Å². The lowest BCUT2D eigenvalue weighted by atomic mass is 9.92. The Kier molecular flexibility index (Phi) is 3.49. The second kappa shape index (κ2) is 5.97. The van der Waals surface area contributed by atoms with Crippen LogP contribution in [0.25, 0.3) is 21.8 Å². The highest BCUT2D eigenvalue weighted by atomic mass is 15.0. The number of nitrogens with zero attached hydrogens (tertiary/aromatic N) is 2. The summed E-state index contributed by atoms with van der Waals surface area (Å²) in [5.74, 6) is 0. The summed E-state index contributed by atoms with van der Waals surface area (Å²) in [6.45, 7) is 0.760. The molecular weight excluding hydrogens is 308 g/mol. The molecule has 124 valence electrons. The molecule has 1 aliphatic rings. The van der Waals surface area contributed by atoms with Crippen LogP contribution < -0.4 is 5.32 Å². The first-order valence-electron chi connectivity index (χ1n) is 8.91. The van der Waals surface area contributed by atoms with E-state index in [-0.39, 0.29) is 0 Å². The molecule has 3 aromatic heterocycles. The molecule has 4 nitrogen and oxygen atoms in total. The van der Waals surface area contributed by atoms with Crippen molar-refractivity contribution in [3.8, 4) is 0 Å². The van der Waals surface area contributed by atoms with E-state index in [1.54, 1.807) is 0 Å². The molecule has 5 rings (SSSR count). The Balaban J connectivity index is 1.42. The summed E-state index contributed by atoms with van der Waals surface area (Å²) in [4.78, 5) is 12.7. The Labute approximate surface area is 146 Å². The van der Waals surface area contributed by atoms with Crippen LogP contribution in [0.3, 0.4) is 0 Å². The highest BCUT2D eigenvalue weighted by Crippen LogP contribution is 2.28. The zero-order valence-corrected chi connectivity index (χ0v) is 14.0. The van der Waals surface area contributed by atoms with E-state index < -0.39 is 0 Å².